The predicted octanol–water partition coefficient (Wildman–Crippen LogP) is 2.38. The number of aromatic nitrogens is 2. The fraction of sp³-hybridized carbons (Fsp3) is 0.231. The predicted molar refractivity (Wildman–Crippen MR) is 74.0 cm³/mol. The van der Waals surface area contributed by atoms with Crippen molar-refractivity contribution in [1.29, 1.82) is 0 Å². The smallest absolute Gasteiger partial charge is 0.148 e. The summed E-state index contributed by atoms with van der Waals surface area (Å²) in [6.07, 6.45) is 0.207. The number of hydrazine groups is 1. The van der Waals surface area contributed by atoms with Crippen molar-refractivity contribution in [3.05, 3.63) is 52.5 Å². The maximum absolute atomic E-state index is 13.7. The third-order valence-corrected chi connectivity index (χ3v) is 4.10. The van der Waals surface area contributed by atoms with Gasteiger partial charge in [-0.25, -0.2) is 24.6 Å². The Morgan fingerprint density at radius 1 is 1.25 bits per heavy atom. The number of nitrogens with zero attached hydrogens (tertiary/aromatic N) is 2. The molecule has 2 heterocycles. The maximum Gasteiger partial charge on any atom is 0.148 e. The highest BCUT2D eigenvalue weighted by atomic mass is 32.2. The first kappa shape index (κ1) is 13.3. The summed E-state index contributed by atoms with van der Waals surface area (Å²) in [6, 6.07) is 3.50. The van der Waals surface area contributed by atoms with Crippen LogP contribution in [0.3, 0.4) is 0 Å². The molecule has 3 rings (SSSR count). The standard InChI is InChI=1S/C13H12F2N4S/c14-8-2-1-7(10(15)4-8)3-12-17-11-6-20-5-9(11)13(18-12)19-16/h1-2,4H,3,5-6,16H2,(H,17,18,19). The van der Waals surface area contributed by atoms with Gasteiger partial charge in [0, 0.05) is 29.6 Å². The van der Waals surface area contributed by atoms with E-state index in [1.807, 2.05) is 0 Å². The van der Waals surface area contributed by atoms with Crippen LogP contribution in [-0.2, 0) is 17.9 Å². The molecule has 0 unspecified atom stereocenters. The fourth-order valence-electron chi connectivity index (χ4n) is 2.14. The highest BCUT2D eigenvalue weighted by molar-refractivity contribution is 7.98. The zero-order chi connectivity index (χ0) is 14.1. The van der Waals surface area contributed by atoms with Crippen LogP contribution in [0.25, 0.3) is 0 Å². The number of fused-ring (bicyclic) bond motifs is 1. The van der Waals surface area contributed by atoms with Crippen LogP contribution in [0.15, 0.2) is 18.2 Å². The quantitative estimate of drug-likeness (QED) is 0.672. The van der Waals surface area contributed by atoms with Gasteiger partial charge in [0.1, 0.15) is 23.3 Å². The Balaban J connectivity index is 1.95. The topological polar surface area (TPSA) is 63.8 Å². The molecule has 0 radical (unpaired) electrons. The number of thioether (sulfide) groups is 1. The van der Waals surface area contributed by atoms with Gasteiger partial charge in [-0.2, -0.15) is 11.8 Å². The molecule has 3 N–H and O–H groups in total. The molecule has 1 aromatic heterocycles. The molecule has 0 amide bonds. The van der Waals surface area contributed by atoms with Crippen LogP contribution in [0.5, 0.6) is 0 Å². The summed E-state index contributed by atoms with van der Waals surface area (Å²) in [6.45, 7) is 0. The third kappa shape index (κ3) is 2.46. The largest absolute Gasteiger partial charge is 0.308 e. The SMILES string of the molecule is NNc1nc(Cc2ccc(F)cc2F)nc2c1CSC2. The van der Waals surface area contributed by atoms with Gasteiger partial charge in [-0.1, -0.05) is 6.07 Å². The van der Waals surface area contributed by atoms with E-state index in [1.165, 1.54) is 12.1 Å². The van der Waals surface area contributed by atoms with Gasteiger partial charge in [-0.05, 0) is 11.6 Å². The lowest BCUT2D eigenvalue weighted by atomic mass is 10.1. The van der Waals surface area contributed by atoms with Gasteiger partial charge in [0.15, 0.2) is 0 Å². The van der Waals surface area contributed by atoms with Crippen molar-refractivity contribution in [2.45, 2.75) is 17.9 Å². The molecule has 0 bridgehead atoms. The second kappa shape index (κ2) is 5.34. The van der Waals surface area contributed by atoms with Crippen molar-refractivity contribution in [3.63, 3.8) is 0 Å². The molecule has 1 aromatic carbocycles. The molecule has 0 aliphatic carbocycles. The van der Waals surface area contributed by atoms with E-state index in [9.17, 15) is 8.78 Å². The van der Waals surface area contributed by atoms with E-state index in [1.54, 1.807) is 11.8 Å². The first-order chi connectivity index (χ1) is 9.67. The van der Waals surface area contributed by atoms with Gasteiger partial charge in [0.2, 0.25) is 0 Å². The fourth-order valence-corrected chi connectivity index (χ4v) is 3.18. The first-order valence-electron chi connectivity index (χ1n) is 6.04. The molecule has 104 valence electrons. The maximum atomic E-state index is 13.7. The van der Waals surface area contributed by atoms with Gasteiger partial charge < -0.3 is 5.43 Å². The first-order valence-corrected chi connectivity index (χ1v) is 7.20. The van der Waals surface area contributed by atoms with E-state index < -0.39 is 11.6 Å². The van der Waals surface area contributed by atoms with Crippen molar-refractivity contribution in [3.8, 4) is 0 Å². The summed E-state index contributed by atoms with van der Waals surface area (Å²) in [4.78, 5) is 8.73. The summed E-state index contributed by atoms with van der Waals surface area (Å²) < 4.78 is 26.5. The van der Waals surface area contributed by atoms with Crippen molar-refractivity contribution in [2.24, 2.45) is 5.84 Å². The van der Waals surface area contributed by atoms with E-state index in [-0.39, 0.29) is 6.42 Å². The number of hydrogen-bond acceptors (Lipinski definition) is 5. The van der Waals surface area contributed by atoms with Crippen molar-refractivity contribution in [2.75, 3.05) is 5.43 Å². The number of hydrogen-bond donors (Lipinski definition) is 2. The highest BCUT2D eigenvalue weighted by Crippen LogP contribution is 2.32. The molecule has 0 fully saturated rings. The summed E-state index contributed by atoms with van der Waals surface area (Å²) >= 11 is 1.73. The molecule has 20 heavy (non-hydrogen) atoms. The molecule has 0 spiro atoms. The van der Waals surface area contributed by atoms with Crippen molar-refractivity contribution >= 4 is 17.6 Å². The normalized spacial score (nSPS) is 13.3. The molecule has 0 atom stereocenters. The molecule has 1 aliphatic rings. The lowest BCUT2D eigenvalue weighted by Gasteiger charge is -2.09. The van der Waals surface area contributed by atoms with Crippen LogP contribution < -0.4 is 11.3 Å². The Hall–Kier alpha value is -1.73. The Bertz CT molecular complexity index is 663. The average Bonchev–Trinajstić information content (AvgIpc) is 2.89. The average molecular weight is 294 g/mol. The van der Waals surface area contributed by atoms with Crippen LogP contribution in [0.2, 0.25) is 0 Å². The van der Waals surface area contributed by atoms with Gasteiger partial charge in [-0.3, -0.25) is 0 Å². The molecule has 0 saturated carbocycles. The minimum absolute atomic E-state index is 0.207. The van der Waals surface area contributed by atoms with Gasteiger partial charge in [0.25, 0.3) is 0 Å². The van der Waals surface area contributed by atoms with Gasteiger partial charge in [0.05, 0.1) is 5.69 Å². The number of nitrogens with one attached hydrogen (secondary N) is 1. The number of nitrogen functional groups attached to an aromatic ring is 1. The van der Waals surface area contributed by atoms with E-state index >= 15 is 0 Å². The van der Waals surface area contributed by atoms with Crippen LogP contribution in [-0.4, -0.2) is 9.97 Å². The number of rotatable bonds is 3. The summed E-state index contributed by atoms with van der Waals surface area (Å²) in [7, 11) is 0. The highest BCUT2D eigenvalue weighted by Gasteiger charge is 2.19. The molecule has 2 aromatic rings. The van der Waals surface area contributed by atoms with E-state index in [4.69, 9.17) is 5.84 Å². The second-order valence-electron chi connectivity index (χ2n) is 4.46. The zero-order valence-corrected chi connectivity index (χ0v) is 11.3. The summed E-state index contributed by atoms with van der Waals surface area (Å²) in [5.74, 6) is 6.95. The third-order valence-electron chi connectivity index (χ3n) is 3.12. The lowest BCUT2D eigenvalue weighted by Crippen LogP contribution is -2.14. The monoisotopic (exact) mass is 294 g/mol. The minimum atomic E-state index is -0.596. The van der Waals surface area contributed by atoms with Crippen molar-refractivity contribution < 1.29 is 8.78 Å². The Morgan fingerprint density at radius 2 is 2.10 bits per heavy atom. The van der Waals surface area contributed by atoms with Gasteiger partial charge >= 0.3 is 0 Å². The molecule has 7 heteroatoms. The van der Waals surface area contributed by atoms with Crippen LogP contribution in [0.4, 0.5) is 14.6 Å². The van der Waals surface area contributed by atoms with Crippen molar-refractivity contribution in [1.82, 2.24) is 9.97 Å². The Morgan fingerprint density at radius 3 is 2.85 bits per heavy atom. The zero-order valence-electron chi connectivity index (χ0n) is 10.5. The number of nitrogens with two attached hydrogens (primary N) is 1. The number of anilines is 1. The minimum Gasteiger partial charge on any atom is -0.308 e. The molecular formula is C13H12F2N4S. The van der Waals surface area contributed by atoms with Gasteiger partial charge in [-0.15, -0.1) is 0 Å². The summed E-state index contributed by atoms with van der Waals surface area (Å²) in [5.41, 5.74) is 4.85. The van der Waals surface area contributed by atoms with Crippen LogP contribution in [0, 0.1) is 11.6 Å². The number of halogens is 2. The Labute approximate surface area is 118 Å². The summed E-state index contributed by atoms with van der Waals surface area (Å²) in [5, 5.41) is 0. The lowest BCUT2D eigenvalue weighted by molar-refractivity contribution is 0.573. The molecule has 4 nitrogen and oxygen atoms in total. The van der Waals surface area contributed by atoms with E-state index in [0.717, 1.165) is 28.8 Å². The Kier molecular flexibility index (Phi) is 3.54. The number of benzene rings is 1. The molecule has 1 aliphatic heterocycles. The van der Waals surface area contributed by atoms with Crippen LogP contribution >= 0.6 is 11.8 Å². The van der Waals surface area contributed by atoms with Crippen LogP contribution in [0.1, 0.15) is 22.6 Å². The van der Waals surface area contributed by atoms with E-state index in [2.05, 4.69) is 15.4 Å². The van der Waals surface area contributed by atoms with E-state index in [0.29, 0.717) is 17.2 Å². The molecule has 0 saturated heterocycles. The second-order valence-corrected chi connectivity index (χ2v) is 5.45. The molecular weight excluding hydrogens is 282 g/mol.